The predicted octanol–water partition coefficient (Wildman–Crippen LogP) is 5.70. The van der Waals surface area contributed by atoms with E-state index in [1.807, 2.05) is 0 Å². The summed E-state index contributed by atoms with van der Waals surface area (Å²) < 4.78 is 30.1. The second-order valence-corrected chi connectivity index (χ2v) is 9.18. The van der Waals surface area contributed by atoms with Crippen LogP contribution < -0.4 is 0 Å². The van der Waals surface area contributed by atoms with E-state index in [-0.39, 0.29) is 6.42 Å². The van der Waals surface area contributed by atoms with Crippen LogP contribution in [0.5, 0.6) is 0 Å². The van der Waals surface area contributed by atoms with Gasteiger partial charge in [0.05, 0.1) is 11.4 Å². The van der Waals surface area contributed by atoms with Crippen LogP contribution in [0.1, 0.15) is 110 Å². The van der Waals surface area contributed by atoms with Crippen molar-refractivity contribution in [3.63, 3.8) is 0 Å². The normalized spacial score (nSPS) is 14.6. The molecule has 1 radical (unpaired) electrons. The van der Waals surface area contributed by atoms with Crippen LogP contribution in [-0.2, 0) is 10.1 Å². The zero-order chi connectivity index (χ0) is 19.0. The molecule has 1 unspecified atom stereocenters. The van der Waals surface area contributed by atoms with Crippen LogP contribution in [-0.4, -0.2) is 29.4 Å². The van der Waals surface area contributed by atoms with Gasteiger partial charge in [0.15, 0.2) is 0 Å². The highest BCUT2D eigenvalue weighted by Crippen LogP contribution is 2.20. The highest BCUT2D eigenvalue weighted by Gasteiger charge is 2.22. The first-order valence-electron chi connectivity index (χ1n) is 10.3. The third kappa shape index (κ3) is 20.0. The molecular formula is C20H41O4S. The number of rotatable bonds is 18. The lowest BCUT2D eigenvalue weighted by Crippen LogP contribution is -2.27. The van der Waals surface area contributed by atoms with Crippen LogP contribution in [0, 0.1) is 6.92 Å². The van der Waals surface area contributed by atoms with Gasteiger partial charge in [0.1, 0.15) is 0 Å². The molecule has 0 aliphatic heterocycles. The average molecular weight is 378 g/mol. The van der Waals surface area contributed by atoms with Crippen molar-refractivity contribution in [2.45, 2.75) is 115 Å². The number of aliphatic hydroxyl groups is 1. The molecule has 0 heterocycles. The summed E-state index contributed by atoms with van der Waals surface area (Å²) in [6.07, 6.45) is 18.4. The number of hydrogen-bond acceptors (Lipinski definition) is 3. The second kappa shape index (κ2) is 15.0. The van der Waals surface area contributed by atoms with E-state index in [1.165, 1.54) is 70.6 Å². The predicted molar refractivity (Wildman–Crippen MR) is 106 cm³/mol. The van der Waals surface area contributed by atoms with Crippen molar-refractivity contribution in [1.29, 1.82) is 0 Å². The average Bonchev–Trinajstić information content (AvgIpc) is 2.53. The Morgan fingerprint density at radius 3 is 1.44 bits per heavy atom. The summed E-state index contributed by atoms with van der Waals surface area (Å²) in [6.45, 7) is 5.91. The Labute approximate surface area is 156 Å². The van der Waals surface area contributed by atoms with Crippen molar-refractivity contribution in [2.24, 2.45) is 0 Å². The Hall–Kier alpha value is -0.130. The molecule has 5 heteroatoms. The smallest absolute Gasteiger partial charge is 0.264 e. The quantitative estimate of drug-likeness (QED) is 0.237. The summed E-state index contributed by atoms with van der Waals surface area (Å²) in [4.78, 5) is 0. The molecule has 0 saturated carbocycles. The second-order valence-electron chi connectivity index (χ2n) is 7.61. The highest BCUT2D eigenvalue weighted by molar-refractivity contribution is 7.85. The van der Waals surface area contributed by atoms with Gasteiger partial charge in [-0.15, -0.1) is 0 Å². The van der Waals surface area contributed by atoms with E-state index >= 15 is 0 Å². The lowest BCUT2D eigenvalue weighted by atomic mass is 9.95. The first-order chi connectivity index (χ1) is 11.8. The largest absolute Gasteiger partial charge is 0.390 e. The summed E-state index contributed by atoms with van der Waals surface area (Å²) in [5.41, 5.74) is -1.24. The van der Waals surface area contributed by atoms with Gasteiger partial charge < -0.3 is 5.11 Å². The van der Waals surface area contributed by atoms with Crippen molar-refractivity contribution in [2.75, 3.05) is 5.75 Å². The van der Waals surface area contributed by atoms with Gasteiger partial charge in [-0.05, 0) is 19.8 Å². The number of hydrogen-bond donors (Lipinski definition) is 2. The molecule has 0 saturated heterocycles. The molecule has 25 heavy (non-hydrogen) atoms. The Balaban J connectivity index is 3.33. The minimum atomic E-state index is -4.02. The Morgan fingerprint density at radius 1 is 0.720 bits per heavy atom. The standard InChI is InChI=1S/C20H41O4S/c1-3-4-5-6-7-8-9-10-11-12-13-14-15-16-17-20(2,21)18-19-25(22,23)24/h21H,2-19H2,1H3,(H,22,23,24). The van der Waals surface area contributed by atoms with E-state index in [2.05, 4.69) is 13.8 Å². The molecule has 151 valence electrons. The minimum Gasteiger partial charge on any atom is -0.390 e. The topological polar surface area (TPSA) is 74.6 Å². The fraction of sp³-hybridized carbons (Fsp3) is 0.950. The van der Waals surface area contributed by atoms with Crippen molar-refractivity contribution < 1.29 is 18.1 Å². The van der Waals surface area contributed by atoms with E-state index in [9.17, 15) is 13.5 Å². The third-order valence-corrected chi connectivity index (χ3v) is 5.54. The van der Waals surface area contributed by atoms with Gasteiger partial charge in [-0.1, -0.05) is 96.8 Å². The summed E-state index contributed by atoms with van der Waals surface area (Å²) in [7, 11) is -4.02. The van der Waals surface area contributed by atoms with Crippen LogP contribution in [0.2, 0.25) is 0 Å². The first kappa shape index (κ1) is 24.9. The van der Waals surface area contributed by atoms with Gasteiger partial charge in [-0.2, -0.15) is 8.42 Å². The monoisotopic (exact) mass is 377 g/mol. The maximum atomic E-state index is 10.7. The SMILES string of the molecule is [CH2]C(O)(CCCCCCCCCCCCCCCC)CCS(=O)(=O)O. The molecule has 0 amide bonds. The minimum absolute atomic E-state index is 0.00965. The molecule has 0 spiro atoms. The Kier molecular flexibility index (Phi) is 14.9. The van der Waals surface area contributed by atoms with Gasteiger partial charge in [-0.3, -0.25) is 4.55 Å². The maximum absolute atomic E-state index is 10.7. The van der Waals surface area contributed by atoms with Crippen LogP contribution in [0.4, 0.5) is 0 Å². The summed E-state index contributed by atoms with van der Waals surface area (Å²) >= 11 is 0. The van der Waals surface area contributed by atoms with Crippen LogP contribution in [0.15, 0.2) is 0 Å². The molecule has 0 aromatic carbocycles. The zero-order valence-electron chi connectivity index (χ0n) is 16.3. The Morgan fingerprint density at radius 2 is 1.08 bits per heavy atom. The van der Waals surface area contributed by atoms with Gasteiger partial charge in [0.2, 0.25) is 0 Å². The fourth-order valence-electron chi connectivity index (χ4n) is 3.09. The van der Waals surface area contributed by atoms with Crippen LogP contribution >= 0.6 is 0 Å². The molecule has 0 bridgehead atoms. The first-order valence-corrected chi connectivity index (χ1v) is 11.9. The summed E-state index contributed by atoms with van der Waals surface area (Å²) in [6, 6.07) is 0. The fourth-order valence-corrected chi connectivity index (χ4v) is 3.73. The van der Waals surface area contributed by atoms with Crippen molar-refractivity contribution >= 4 is 10.1 Å². The van der Waals surface area contributed by atoms with Gasteiger partial charge >= 0.3 is 0 Å². The lowest BCUT2D eigenvalue weighted by molar-refractivity contribution is 0.0717. The molecule has 0 aromatic rings. The van der Waals surface area contributed by atoms with E-state index in [1.54, 1.807) is 0 Å². The van der Waals surface area contributed by atoms with Crippen molar-refractivity contribution in [3.8, 4) is 0 Å². The van der Waals surface area contributed by atoms with E-state index in [4.69, 9.17) is 4.55 Å². The molecule has 0 aromatic heterocycles. The van der Waals surface area contributed by atoms with E-state index in [0.29, 0.717) is 6.42 Å². The van der Waals surface area contributed by atoms with Gasteiger partial charge in [0.25, 0.3) is 10.1 Å². The van der Waals surface area contributed by atoms with Gasteiger partial charge in [-0.25, -0.2) is 0 Å². The highest BCUT2D eigenvalue weighted by atomic mass is 32.2. The molecule has 0 fully saturated rings. The molecule has 4 nitrogen and oxygen atoms in total. The van der Waals surface area contributed by atoms with Crippen LogP contribution in [0.25, 0.3) is 0 Å². The Bertz CT molecular complexity index is 391. The summed E-state index contributed by atoms with van der Waals surface area (Å²) in [5.74, 6) is -0.425. The molecular weight excluding hydrogens is 336 g/mol. The van der Waals surface area contributed by atoms with E-state index < -0.39 is 21.5 Å². The maximum Gasteiger partial charge on any atom is 0.264 e. The number of unbranched alkanes of at least 4 members (excludes halogenated alkanes) is 13. The van der Waals surface area contributed by atoms with Crippen molar-refractivity contribution in [3.05, 3.63) is 6.92 Å². The molecule has 2 N–H and O–H groups in total. The van der Waals surface area contributed by atoms with Crippen molar-refractivity contribution in [1.82, 2.24) is 0 Å². The molecule has 0 rings (SSSR count). The van der Waals surface area contributed by atoms with E-state index in [0.717, 1.165) is 19.3 Å². The molecule has 0 aliphatic carbocycles. The van der Waals surface area contributed by atoms with Gasteiger partial charge in [0, 0.05) is 0 Å². The summed E-state index contributed by atoms with van der Waals surface area (Å²) in [5, 5.41) is 9.98. The lowest BCUT2D eigenvalue weighted by Gasteiger charge is -2.22. The third-order valence-electron chi connectivity index (χ3n) is 4.82. The zero-order valence-corrected chi connectivity index (χ0v) is 17.2. The molecule has 1 atom stereocenters. The van der Waals surface area contributed by atoms with Crippen LogP contribution in [0.3, 0.4) is 0 Å². The molecule has 0 aliphatic rings.